The van der Waals surface area contributed by atoms with Gasteiger partial charge in [0.05, 0.1) is 6.42 Å². The van der Waals surface area contributed by atoms with E-state index in [2.05, 4.69) is 10.6 Å². The molecule has 1 aliphatic rings. The second kappa shape index (κ2) is 7.95. The lowest BCUT2D eigenvalue weighted by Gasteiger charge is -2.16. The summed E-state index contributed by atoms with van der Waals surface area (Å²) in [5.41, 5.74) is 2.93. The molecule has 0 aromatic heterocycles. The van der Waals surface area contributed by atoms with Crippen LogP contribution in [0.5, 0.6) is 0 Å². The zero-order chi connectivity index (χ0) is 17.7. The predicted molar refractivity (Wildman–Crippen MR) is 90.7 cm³/mol. The number of anilines is 1. The lowest BCUT2D eigenvalue weighted by atomic mass is 10.0. The van der Waals surface area contributed by atoms with E-state index in [4.69, 9.17) is 5.11 Å². The largest absolute Gasteiger partial charge is 0.480 e. The number of aryl methyl sites for hydroxylation is 1. The average molecular weight is 332 g/mol. The van der Waals surface area contributed by atoms with Crippen LogP contribution in [0.2, 0.25) is 0 Å². The van der Waals surface area contributed by atoms with Gasteiger partial charge in [-0.2, -0.15) is 0 Å². The maximum atomic E-state index is 11.9. The molecule has 0 fully saturated rings. The Morgan fingerprint density at radius 3 is 2.75 bits per heavy atom. The van der Waals surface area contributed by atoms with Crippen molar-refractivity contribution in [2.75, 3.05) is 5.32 Å². The van der Waals surface area contributed by atoms with Crippen LogP contribution in [0.3, 0.4) is 0 Å². The van der Waals surface area contributed by atoms with Gasteiger partial charge in [-0.1, -0.05) is 26.0 Å². The quantitative estimate of drug-likeness (QED) is 0.679. The van der Waals surface area contributed by atoms with Crippen LogP contribution in [0.15, 0.2) is 18.2 Å². The van der Waals surface area contributed by atoms with Crippen LogP contribution in [-0.4, -0.2) is 28.9 Å². The maximum Gasteiger partial charge on any atom is 0.326 e. The van der Waals surface area contributed by atoms with Crippen molar-refractivity contribution in [1.82, 2.24) is 5.32 Å². The van der Waals surface area contributed by atoms with Gasteiger partial charge in [0.2, 0.25) is 11.8 Å². The van der Waals surface area contributed by atoms with Gasteiger partial charge in [0.15, 0.2) is 0 Å². The Balaban J connectivity index is 1.79. The van der Waals surface area contributed by atoms with Crippen molar-refractivity contribution in [1.29, 1.82) is 0 Å². The first kappa shape index (κ1) is 18.0. The number of hydrogen-bond donors (Lipinski definition) is 3. The van der Waals surface area contributed by atoms with Crippen molar-refractivity contribution in [2.24, 2.45) is 5.92 Å². The highest BCUT2D eigenvalue weighted by Crippen LogP contribution is 2.24. The number of benzene rings is 1. The van der Waals surface area contributed by atoms with Gasteiger partial charge in [0.25, 0.3) is 0 Å². The summed E-state index contributed by atoms with van der Waals surface area (Å²) in [5.74, 6) is -1.02. The molecule has 1 atom stereocenters. The van der Waals surface area contributed by atoms with Crippen LogP contribution >= 0.6 is 0 Å². The number of hydrogen-bond acceptors (Lipinski definition) is 3. The van der Waals surface area contributed by atoms with Gasteiger partial charge in [-0.15, -0.1) is 0 Å². The monoisotopic (exact) mass is 332 g/mol. The van der Waals surface area contributed by atoms with E-state index < -0.39 is 12.0 Å². The number of nitrogens with one attached hydrogen (secondary N) is 2. The summed E-state index contributed by atoms with van der Waals surface area (Å²) in [6.45, 7) is 3.85. The number of rotatable bonds is 8. The zero-order valence-electron chi connectivity index (χ0n) is 14.1. The Morgan fingerprint density at radius 2 is 2.08 bits per heavy atom. The highest BCUT2D eigenvalue weighted by Gasteiger charge is 2.21. The number of carbonyl (C=O) groups is 3. The van der Waals surface area contributed by atoms with Crippen molar-refractivity contribution < 1.29 is 19.5 Å². The van der Waals surface area contributed by atoms with Gasteiger partial charge in [0.1, 0.15) is 6.04 Å². The fraction of sp³-hybridized carbons (Fsp3) is 0.500. The Kier molecular flexibility index (Phi) is 5.95. The molecule has 0 spiro atoms. The molecule has 0 aliphatic carbocycles. The van der Waals surface area contributed by atoms with E-state index in [9.17, 15) is 14.4 Å². The first-order chi connectivity index (χ1) is 11.3. The highest BCUT2D eigenvalue weighted by molar-refractivity contribution is 5.99. The van der Waals surface area contributed by atoms with Gasteiger partial charge in [-0.3, -0.25) is 9.59 Å². The number of aliphatic carboxylic acids is 1. The van der Waals surface area contributed by atoms with Crippen molar-refractivity contribution >= 4 is 23.5 Å². The molecule has 0 saturated heterocycles. The summed E-state index contributed by atoms with van der Waals surface area (Å²) >= 11 is 0. The molecule has 1 aliphatic heterocycles. The number of carboxylic acid groups (broad SMARTS) is 1. The van der Waals surface area contributed by atoms with Crippen molar-refractivity contribution in [2.45, 2.75) is 52.0 Å². The molecule has 0 unspecified atom stereocenters. The van der Waals surface area contributed by atoms with Crippen LogP contribution in [-0.2, 0) is 27.2 Å². The first-order valence-corrected chi connectivity index (χ1v) is 8.29. The van der Waals surface area contributed by atoms with Crippen LogP contribution in [0.1, 0.15) is 44.2 Å². The van der Waals surface area contributed by atoms with E-state index in [0.717, 1.165) is 23.2 Å². The van der Waals surface area contributed by atoms with Crippen LogP contribution in [0.25, 0.3) is 0 Å². The van der Waals surface area contributed by atoms with E-state index in [-0.39, 0.29) is 24.2 Å². The third-order valence-electron chi connectivity index (χ3n) is 4.00. The van der Waals surface area contributed by atoms with Gasteiger partial charge in [0, 0.05) is 12.1 Å². The molecular weight excluding hydrogens is 308 g/mol. The van der Waals surface area contributed by atoms with Gasteiger partial charge in [-0.05, 0) is 42.4 Å². The van der Waals surface area contributed by atoms with Crippen molar-refractivity contribution in [3.63, 3.8) is 0 Å². The number of amides is 2. The molecule has 1 heterocycles. The van der Waals surface area contributed by atoms with E-state index in [1.54, 1.807) is 0 Å². The van der Waals surface area contributed by atoms with E-state index in [1.807, 2.05) is 32.0 Å². The summed E-state index contributed by atoms with van der Waals surface area (Å²) in [6, 6.07) is 5.00. The third-order valence-corrected chi connectivity index (χ3v) is 4.00. The number of carbonyl (C=O) groups excluding carboxylic acids is 2. The summed E-state index contributed by atoms with van der Waals surface area (Å²) in [7, 11) is 0. The second-order valence-corrected chi connectivity index (χ2v) is 6.66. The molecule has 0 radical (unpaired) electrons. The molecule has 3 N–H and O–H groups in total. The summed E-state index contributed by atoms with van der Waals surface area (Å²) in [4.78, 5) is 34.4. The normalized spacial score (nSPS) is 14.2. The fourth-order valence-corrected chi connectivity index (χ4v) is 2.85. The number of carboxylic acids is 1. The van der Waals surface area contributed by atoms with Gasteiger partial charge in [-0.25, -0.2) is 4.79 Å². The Hall–Kier alpha value is -2.37. The zero-order valence-corrected chi connectivity index (χ0v) is 14.1. The molecule has 6 heteroatoms. The second-order valence-electron chi connectivity index (χ2n) is 6.66. The molecule has 130 valence electrons. The summed E-state index contributed by atoms with van der Waals surface area (Å²) in [5, 5.41) is 14.5. The Morgan fingerprint density at radius 1 is 1.33 bits per heavy atom. The molecule has 2 amide bonds. The minimum Gasteiger partial charge on any atom is -0.480 e. The van der Waals surface area contributed by atoms with Crippen LogP contribution in [0, 0.1) is 5.92 Å². The van der Waals surface area contributed by atoms with Gasteiger partial charge < -0.3 is 15.7 Å². The number of fused-ring (bicyclic) bond motifs is 1. The molecule has 2 rings (SSSR count). The molecule has 1 aromatic carbocycles. The van der Waals surface area contributed by atoms with Crippen LogP contribution < -0.4 is 10.6 Å². The maximum absolute atomic E-state index is 11.9. The molecule has 0 bridgehead atoms. The molecule has 0 saturated carbocycles. The minimum atomic E-state index is -0.993. The van der Waals surface area contributed by atoms with Crippen LogP contribution in [0.4, 0.5) is 5.69 Å². The first-order valence-electron chi connectivity index (χ1n) is 8.29. The lowest BCUT2D eigenvalue weighted by molar-refractivity contribution is -0.142. The third kappa shape index (κ3) is 5.08. The van der Waals surface area contributed by atoms with Gasteiger partial charge >= 0.3 is 5.97 Å². The van der Waals surface area contributed by atoms with E-state index in [1.165, 1.54) is 0 Å². The average Bonchev–Trinajstić information content (AvgIpc) is 2.85. The SMILES string of the molecule is CC(C)C[C@H](NC(=O)CCCc1ccc2c(c1)CC(=O)N2)C(=O)O. The predicted octanol–water partition coefficient (Wildman–Crippen LogP) is 2.12. The molecule has 1 aromatic rings. The summed E-state index contributed by atoms with van der Waals surface area (Å²) < 4.78 is 0. The van der Waals surface area contributed by atoms with E-state index in [0.29, 0.717) is 19.3 Å². The van der Waals surface area contributed by atoms with Crippen molar-refractivity contribution in [3.8, 4) is 0 Å². The molecule has 6 nitrogen and oxygen atoms in total. The fourth-order valence-electron chi connectivity index (χ4n) is 2.85. The Bertz CT molecular complexity index is 640. The minimum absolute atomic E-state index is 0.00592. The summed E-state index contributed by atoms with van der Waals surface area (Å²) in [6.07, 6.45) is 2.47. The van der Waals surface area contributed by atoms with E-state index >= 15 is 0 Å². The molecule has 24 heavy (non-hydrogen) atoms. The topological polar surface area (TPSA) is 95.5 Å². The van der Waals surface area contributed by atoms with Crippen molar-refractivity contribution in [3.05, 3.63) is 29.3 Å². The lowest BCUT2D eigenvalue weighted by Crippen LogP contribution is -2.41. The highest BCUT2D eigenvalue weighted by atomic mass is 16.4. The Labute approximate surface area is 141 Å². The standard InChI is InChI=1S/C18H24N2O4/c1-11(2)8-15(18(23)24)20-16(21)5-3-4-12-6-7-14-13(9-12)10-17(22)19-14/h6-7,9,11,15H,3-5,8,10H2,1-2H3,(H,19,22)(H,20,21)(H,23,24)/t15-/m0/s1. The smallest absolute Gasteiger partial charge is 0.326 e. The molecular formula is C18H24N2O4.